The highest BCUT2D eigenvalue weighted by Gasteiger charge is 2.18. The number of pyridine rings is 1. The van der Waals surface area contributed by atoms with Crippen molar-refractivity contribution in [3.63, 3.8) is 0 Å². The second-order valence-corrected chi connectivity index (χ2v) is 7.16. The summed E-state index contributed by atoms with van der Waals surface area (Å²) in [5.41, 5.74) is 2.66. The van der Waals surface area contributed by atoms with Crippen molar-refractivity contribution in [3.05, 3.63) is 66.6 Å². The number of fused-ring (bicyclic) bond motifs is 1. The summed E-state index contributed by atoms with van der Waals surface area (Å²) in [6.07, 6.45) is 11.6. The minimum atomic E-state index is -0.258. The van der Waals surface area contributed by atoms with Gasteiger partial charge in [0.1, 0.15) is 11.4 Å². The first kappa shape index (κ1) is 17.7. The summed E-state index contributed by atoms with van der Waals surface area (Å²) in [7, 11) is 0. The Balaban J connectivity index is 1.22. The molecule has 4 aromatic heterocycles. The molecule has 1 saturated heterocycles. The van der Waals surface area contributed by atoms with Crippen LogP contribution in [0.25, 0.3) is 17.0 Å². The number of ether oxygens (including phenoxy) is 1. The average molecular weight is 391 g/mol. The van der Waals surface area contributed by atoms with E-state index in [0.717, 1.165) is 42.8 Å². The standard InChI is InChI=1S/C21H21N5O3/c27-21(23-11-15-5-7-25-8-6-22-20(25)10-15)19-4-3-18(29-19)16-12-24-26(13-16)14-17-2-1-9-28-17/h3-8,10,12-13,17H,1-2,9,11,14H2,(H,23,27)/t17-/m0/s1. The fraction of sp³-hybridized carbons (Fsp3) is 0.286. The predicted molar refractivity (Wildman–Crippen MR) is 105 cm³/mol. The van der Waals surface area contributed by atoms with Gasteiger partial charge in [-0.15, -0.1) is 0 Å². The second kappa shape index (κ2) is 7.56. The Morgan fingerprint density at radius 1 is 1.28 bits per heavy atom. The molecule has 0 radical (unpaired) electrons. The maximum absolute atomic E-state index is 12.4. The van der Waals surface area contributed by atoms with Crippen LogP contribution in [-0.2, 0) is 17.8 Å². The number of amides is 1. The van der Waals surface area contributed by atoms with Gasteiger partial charge in [-0.1, -0.05) is 0 Å². The van der Waals surface area contributed by atoms with Crippen molar-refractivity contribution in [2.75, 3.05) is 6.61 Å². The number of carbonyl (C=O) groups is 1. The molecule has 1 fully saturated rings. The maximum atomic E-state index is 12.4. The molecule has 8 nitrogen and oxygen atoms in total. The smallest absolute Gasteiger partial charge is 0.287 e. The minimum absolute atomic E-state index is 0.224. The number of carbonyl (C=O) groups excluding carboxylic acids is 1. The molecule has 1 aliphatic rings. The highest BCUT2D eigenvalue weighted by atomic mass is 16.5. The van der Waals surface area contributed by atoms with Crippen LogP contribution in [0.3, 0.4) is 0 Å². The van der Waals surface area contributed by atoms with Gasteiger partial charge in [0, 0.05) is 37.9 Å². The topological polar surface area (TPSA) is 86.6 Å². The molecule has 1 amide bonds. The summed E-state index contributed by atoms with van der Waals surface area (Å²) in [5.74, 6) is 0.632. The molecule has 1 atom stereocenters. The van der Waals surface area contributed by atoms with E-state index in [-0.39, 0.29) is 17.8 Å². The van der Waals surface area contributed by atoms with Gasteiger partial charge in [-0.05, 0) is 42.7 Å². The van der Waals surface area contributed by atoms with Gasteiger partial charge in [-0.3, -0.25) is 9.48 Å². The van der Waals surface area contributed by atoms with Crippen LogP contribution in [-0.4, -0.2) is 37.8 Å². The number of imidazole rings is 1. The van der Waals surface area contributed by atoms with E-state index in [2.05, 4.69) is 15.4 Å². The van der Waals surface area contributed by atoms with Crippen molar-refractivity contribution in [2.24, 2.45) is 0 Å². The van der Waals surface area contributed by atoms with Crippen LogP contribution in [0.2, 0.25) is 0 Å². The van der Waals surface area contributed by atoms with E-state index in [0.29, 0.717) is 12.3 Å². The van der Waals surface area contributed by atoms with Gasteiger partial charge in [-0.2, -0.15) is 5.10 Å². The van der Waals surface area contributed by atoms with Gasteiger partial charge in [0.05, 0.1) is 24.4 Å². The van der Waals surface area contributed by atoms with Crippen LogP contribution in [0.4, 0.5) is 0 Å². The number of hydrogen-bond donors (Lipinski definition) is 1. The minimum Gasteiger partial charge on any atom is -0.451 e. The van der Waals surface area contributed by atoms with E-state index >= 15 is 0 Å². The molecular weight excluding hydrogens is 370 g/mol. The lowest BCUT2D eigenvalue weighted by Crippen LogP contribution is -2.22. The van der Waals surface area contributed by atoms with Crippen LogP contribution in [0.1, 0.15) is 29.0 Å². The molecule has 5 heterocycles. The highest BCUT2D eigenvalue weighted by molar-refractivity contribution is 5.92. The van der Waals surface area contributed by atoms with E-state index in [1.165, 1.54) is 0 Å². The Hall–Kier alpha value is -3.39. The van der Waals surface area contributed by atoms with Gasteiger partial charge >= 0.3 is 0 Å². The van der Waals surface area contributed by atoms with Gasteiger partial charge in [0.15, 0.2) is 5.76 Å². The van der Waals surface area contributed by atoms with Gasteiger partial charge in [0.2, 0.25) is 0 Å². The Bertz CT molecular complexity index is 1140. The Labute approximate surface area is 167 Å². The number of aromatic nitrogens is 4. The van der Waals surface area contributed by atoms with Crippen molar-refractivity contribution >= 4 is 11.6 Å². The molecule has 29 heavy (non-hydrogen) atoms. The quantitative estimate of drug-likeness (QED) is 0.546. The molecule has 1 aliphatic heterocycles. The van der Waals surface area contributed by atoms with Crippen molar-refractivity contribution in [3.8, 4) is 11.3 Å². The zero-order valence-electron chi connectivity index (χ0n) is 15.8. The third kappa shape index (κ3) is 3.79. The highest BCUT2D eigenvalue weighted by Crippen LogP contribution is 2.22. The van der Waals surface area contributed by atoms with Crippen molar-refractivity contribution in [1.82, 2.24) is 24.5 Å². The molecule has 4 aromatic rings. The maximum Gasteiger partial charge on any atom is 0.287 e. The Morgan fingerprint density at radius 3 is 3.14 bits per heavy atom. The molecule has 8 heteroatoms. The number of nitrogens with zero attached hydrogens (tertiary/aromatic N) is 4. The molecule has 0 spiro atoms. The molecule has 0 saturated carbocycles. The molecular formula is C21H21N5O3. The van der Waals surface area contributed by atoms with Gasteiger partial charge in [-0.25, -0.2) is 4.98 Å². The van der Waals surface area contributed by atoms with Gasteiger partial charge < -0.3 is 18.9 Å². The molecule has 148 valence electrons. The first-order chi connectivity index (χ1) is 14.2. The normalized spacial score (nSPS) is 16.5. The lowest BCUT2D eigenvalue weighted by atomic mass is 10.2. The van der Waals surface area contributed by atoms with Crippen LogP contribution < -0.4 is 5.32 Å². The largest absolute Gasteiger partial charge is 0.451 e. The first-order valence-electron chi connectivity index (χ1n) is 9.69. The van der Waals surface area contributed by atoms with Crippen molar-refractivity contribution < 1.29 is 13.9 Å². The van der Waals surface area contributed by atoms with Crippen LogP contribution in [0.15, 0.2) is 59.7 Å². The van der Waals surface area contributed by atoms with E-state index in [4.69, 9.17) is 9.15 Å². The third-order valence-electron chi connectivity index (χ3n) is 5.08. The predicted octanol–water partition coefficient (Wildman–Crippen LogP) is 2.90. The number of furan rings is 1. The molecule has 0 unspecified atom stereocenters. The molecule has 0 bridgehead atoms. The summed E-state index contributed by atoms with van der Waals surface area (Å²) in [6, 6.07) is 7.36. The summed E-state index contributed by atoms with van der Waals surface area (Å²) >= 11 is 0. The second-order valence-electron chi connectivity index (χ2n) is 7.16. The van der Waals surface area contributed by atoms with Crippen LogP contribution >= 0.6 is 0 Å². The molecule has 0 aromatic carbocycles. The summed E-state index contributed by atoms with van der Waals surface area (Å²) in [4.78, 5) is 16.7. The lowest BCUT2D eigenvalue weighted by molar-refractivity contribution is 0.0923. The monoisotopic (exact) mass is 391 g/mol. The zero-order chi connectivity index (χ0) is 19.6. The number of rotatable bonds is 6. The van der Waals surface area contributed by atoms with Crippen molar-refractivity contribution in [2.45, 2.75) is 32.0 Å². The Kier molecular flexibility index (Phi) is 4.61. The van der Waals surface area contributed by atoms with Crippen LogP contribution in [0, 0.1) is 0 Å². The van der Waals surface area contributed by atoms with Crippen molar-refractivity contribution in [1.29, 1.82) is 0 Å². The zero-order valence-corrected chi connectivity index (χ0v) is 15.8. The molecule has 5 rings (SSSR count). The number of nitrogens with one attached hydrogen (secondary N) is 1. The van der Waals surface area contributed by atoms with E-state index in [9.17, 15) is 4.79 Å². The Morgan fingerprint density at radius 2 is 2.24 bits per heavy atom. The van der Waals surface area contributed by atoms with E-state index in [1.807, 2.05) is 39.8 Å². The lowest BCUT2D eigenvalue weighted by Gasteiger charge is -2.08. The summed E-state index contributed by atoms with van der Waals surface area (Å²) in [5, 5.41) is 7.26. The van der Waals surface area contributed by atoms with Gasteiger partial charge in [0.25, 0.3) is 5.91 Å². The number of hydrogen-bond acceptors (Lipinski definition) is 5. The fourth-order valence-electron chi connectivity index (χ4n) is 3.53. The summed E-state index contributed by atoms with van der Waals surface area (Å²) in [6.45, 7) is 1.96. The molecule has 1 N–H and O–H groups in total. The fourth-order valence-corrected chi connectivity index (χ4v) is 3.53. The average Bonchev–Trinajstić information content (AvgIpc) is 3.53. The van der Waals surface area contributed by atoms with E-state index < -0.39 is 0 Å². The van der Waals surface area contributed by atoms with Crippen LogP contribution in [0.5, 0.6) is 0 Å². The summed E-state index contributed by atoms with van der Waals surface area (Å²) < 4.78 is 15.2. The third-order valence-corrected chi connectivity index (χ3v) is 5.08. The molecule has 0 aliphatic carbocycles. The first-order valence-corrected chi connectivity index (χ1v) is 9.69. The van der Waals surface area contributed by atoms with E-state index in [1.54, 1.807) is 24.5 Å². The SMILES string of the molecule is O=C(NCc1ccn2ccnc2c1)c1ccc(-c2cnn(C[C@@H]3CCCO3)c2)o1.